The second-order valence-electron chi connectivity index (χ2n) is 8.73. The normalized spacial score (nSPS) is 17.7. The number of phenolic OH excluding ortho intramolecular Hbond substituents is 1. The average Bonchev–Trinajstić information content (AvgIpc) is 2.86. The van der Waals surface area contributed by atoms with E-state index in [9.17, 15) is 5.11 Å². The molecule has 1 aliphatic rings. The van der Waals surface area contributed by atoms with Crippen molar-refractivity contribution in [2.45, 2.75) is 50.2 Å². The number of aromatic hydroxyl groups is 1. The number of unbranched alkanes of at least 4 members (excludes halogenated alkanes) is 1. The highest BCUT2D eigenvalue weighted by Crippen LogP contribution is 2.47. The third-order valence-corrected chi connectivity index (χ3v) is 6.68. The number of ether oxygens (including phenoxy) is 3. The van der Waals surface area contributed by atoms with Crippen molar-refractivity contribution in [2.24, 2.45) is 0 Å². The zero-order valence-electron chi connectivity index (χ0n) is 19.6. The minimum Gasteiger partial charge on any atom is -0.508 e. The number of hydrogen-bond donors (Lipinski definition) is 1. The molecule has 174 valence electrons. The molecule has 4 nitrogen and oxygen atoms in total. The van der Waals surface area contributed by atoms with Crippen LogP contribution in [0.4, 0.5) is 0 Å². The number of rotatable bonds is 10. The lowest BCUT2D eigenvalue weighted by molar-refractivity contribution is -0.107. The van der Waals surface area contributed by atoms with Crippen molar-refractivity contribution in [3.63, 3.8) is 0 Å². The lowest BCUT2D eigenvalue weighted by Crippen LogP contribution is -2.20. The van der Waals surface area contributed by atoms with Crippen LogP contribution in [0.25, 0.3) is 0 Å². The second kappa shape index (κ2) is 11.4. The maximum absolute atomic E-state index is 10.0. The Kier molecular flexibility index (Phi) is 8.03. The van der Waals surface area contributed by atoms with Crippen molar-refractivity contribution in [1.29, 1.82) is 0 Å². The zero-order chi connectivity index (χ0) is 23.0. The molecular formula is C29H34O4. The van der Waals surface area contributed by atoms with Crippen LogP contribution < -0.4 is 4.74 Å². The van der Waals surface area contributed by atoms with Gasteiger partial charge in [-0.05, 0) is 84.5 Å². The first-order chi connectivity index (χ1) is 16.2. The van der Waals surface area contributed by atoms with Gasteiger partial charge in [0.25, 0.3) is 0 Å². The maximum atomic E-state index is 10.0. The van der Waals surface area contributed by atoms with Gasteiger partial charge in [-0.2, -0.15) is 0 Å². The summed E-state index contributed by atoms with van der Waals surface area (Å²) in [5, 5.41) is 10.0. The molecule has 4 rings (SSSR count). The van der Waals surface area contributed by atoms with E-state index in [-0.39, 0.29) is 12.2 Å². The van der Waals surface area contributed by atoms with Crippen LogP contribution in [-0.4, -0.2) is 32.2 Å². The molecule has 0 bridgehead atoms. The van der Waals surface area contributed by atoms with Crippen molar-refractivity contribution in [3.8, 4) is 11.5 Å². The van der Waals surface area contributed by atoms with Crippen molar-refractivity contribution < 1.29 is 19.3 Å². The third kappa shape index (κ3) is 5.76. The van der Waals surface area contributed by atoms with Crippen LogP contribution >= 0.6 is 0 Å². The molecule has 0 aliphatic heterocycles. The molecule has 1 aliphatic carbocycles. The average molecular weight is 447 g/mol. The molecule has 1 N–H and O–H groups in total. The number of methoxy groups -OCH3 is 2. The minimum absolute atomic E-state index is 0.137. The topological polar surface area (TPSA) is 47.9 Å². The molecule has 2 atom stereocenters. The Labute approximate surface area is 197 Å². The maximum Gasteiger partial charge on any atom is 0.156 e. The molecule has 33 heavy (non-hydrogen) atoms. The Hall–Kier alpha value is -2.82. The van der Waals surface area contributed by atoms with Gasteiger partial charge in [-0.25, -0.2) is 0 Å². The smallest absolute Gasteiger partial charge is 0.156 e. The third-order valence-electron chi connectivity index (χ3n) is 6.68. The number of phenols is 1. The van der Waals surface area contributed by atoms with E-state index in [1.165, 1.54) is 22.3 Å². The summed E-state index contributed by atoms with van der Waals surface area (Å²) in [6, 6.07) is 25.2. The summed E-state index contributed by atoms with van der Waals surface area (Å²) < 4.78 is 16.4. The van der Waals surface area contributed by atoms with Gasteiger partial charge in [-0.1, -0.05) is 48.5 Å². The molecule has 3 aromatic carbocycles. The van der Waals surface area contributed by atoms with Gasteiger partial charge in [0.1, 0.15) is 11.5 Å². The van der Waals surface area contributed by atoms with Crippen LogP contribution in [0.15, 0.2) is 72.8 Å². The summed E-state index contributed by atoms with van der Waals surface area (Å²) in [5.74, 6) is 1.90. The van der Waals surface area contributed by atoms with Crippen LogP contribution in [0.3, 0.4) is 0 Å². The van der Waals surface area contributed by atoms with Crippen LogP contribution in [-0.2, 0) is 15.9 Å². The molecule has 4 heteroatoms. The Morgan fingerprint density at radius 2 is 1.64 bits per heavy atom. The summed E-state index contributed by atoms with van der Waals surface area (Å²) in [6.07, 6.45) is 4.73. The van der Waals surface area contributed by atoms with Gasteiger partial charge in [0.15, 0.2) is 6.29 Å². The largest absolute Gasteiger partial charge is 0.508 e. The summed E-state index contributed by atoms with van der Waals surface area (Å²) >= 11 is 0. The first-order valence-corrected chi connectivity index (χ1v) is 11.8. The molecule has 0 spiro atoms. The fourth-order valence-electron chi connectivity index (χ4n) is 4.98. The number of benzene rings is 3. The Morgan fingerprint density at radius 1 is 0.879 bits per heavy atom. The van der Waals surface area contributed by atoms with Crippen LogP contribution in [0.2, 0.25) is 0 Å². The van der Waals surface area contributed by atoms with Gasteiger partial charge >= 0.3 is 0 Å². The van der Waals surface area contributed by atoms with Crippen LogP contribution in [0.5, 0.6) is 11.5 Å². The first-order valence-electron chi connectivity index (χ1n) is 11.8. The summed E-state index contributed by atoms with van der Waals surface area (Å²) in [7, 11) is 3.34. The highest BCUT2D eigenvalue weighted by molar-refractivity contribution is 5.48. The molecule has 3 aromatic rings. The second-order valence-corrected chi connectivity index (χ2v) is 8.73. The van der Waals surface area contributed by atoms with E-state index in [0.29, 0.717) is 18.3 Å². The molecule has 0 saturated heterocycles. The predicted octanol–water partition coefficient (Wildman–Crippen LogP) is 6.42. The van der Waals surface area contributed by atoms with Gasteiger partial charge in [0.2, 0.25) is 0 Å². The number of aryl methyl sites for hydroxylation is 1. The SMILES string of the molecule is COC(CCCCOc1ccc([C@@H]2c3ccc(O)cc3CC[C@@H]2c2ccccc2)cc1)OC. The predicted molar refractivity (Wildman–Crippen MR) is 131 cm³/mol. The van der Waals surface area contributed by atoms with E-state index >= 15 is 0 Å². The highest BCUT2D eigenvalue weighted by atomic mass is 16.7. The van der Waals surface area contributed by atoms with E-state index in [0.717, 1.165) is 37.9 Å². The molecule has 0 amide bonds. The lowest BCUT2D eigenvalue weighted by atomic mass is 9.69. The molecule has 0 fully saturated rings. The highest BCUT2D eigenvalue weighted by Gasteiger charge is 2.32. The van der Waals surface area contributed by atoms with E-state index in [2.05, 4.69) is 60.7 Å². The summed E-state index contributed by atoms with van der Waals surface area (Å²) in [4.78, 5) is 0. The Balaban J connectivity index is 1.47. The fourth-order valence-corrected chi connectivity index (χ4v) is 4.98. The zero-order valence-corrected chi connectivity index (χ0v) is 19.6. The van der Waals surface area contributed by atoms with E-state index < -0.39 is 0 Å². The molecule has 0 heterocycles. The molecule has 0 radical (unpaired) electrons. The van der Waals surface area contributed by atoms with Gasteiger partial charge < -0.3 is 19.3 Å². The Morgan fingerprint density at radius 3 is 2.36 bits per heavy atom. The van der Waals surface area contributed by atoms with Crippen molar-refractivity contribution in [3.05, 3.63) is 95.1 Å². The molecular weight excluding hydrogens is 412 g/mol. The quantitative estimate of drug-likeness (QED) is 0.288. The number of hydrogen-bond acceptors (Lipinski definition) is 4. The van der Waals surface area contributed by atoms with Crippen molar-refractivity contribution in [2.75, 3.05) is 20.8 Å². The van der Waals surface area contributed by atoms with Crippen molar-refractivity contribution in [1.82, 2.24) is 0 Å². The minimum atomic E-state index is -0.137. The first kappa shape index (κ1) is 23.3. The Bertz CT molecular complexity index is 996. The fraction of sp³-hybridized carbons (Fsp3) is 0.379. The van der Waals surface area contributed by atoms with E-state index in [4.69, 9.17) is 14.2 Å². The molecule has 0 aromatic heterocycles. The monoisotopic (exact) mass is 446 g/mol. The summed E-state index contributed by atoms with van der Waals surface area (Å²) in [5.41, 5.74) is 5.21. The van der Waals surface area contributed by atoms with E-state index in [1.54, 1.807) is 14.2 Å². The van der Waals surface area contributed by atoms with Gasteiger partial charge in [0, 0.05) is 20.1 Å². The van der Waals surface area contributed by atoms with Crippen LogP contribution in [0, 0.1) is 0 Å². The van der Waals surface area contributed by atoms with Crippen LogP contribution in [0.1, 0.15) is 59.8 Å². The number of fused-ring (bicyclic) bond motifs is 1. The lowest BCUT2D eigenvalue weighted by Gasteiger charge is -2.34. The molecule has 0 unspecified atom stereocenters. The van der Waals surface area contributed by atoms with Gasteiger partial charge in [-0.3, -0.25) is 0 Å². The molecule has 0 saturated carbocycles. The van der Waals surface area contributed by atoms with Crippen molar-refractivity contribution >= 4 is 0 Å². The van der Waals surface area contributed by atoms with Gasteiger partial charge in [-0.15, -0.1) is 0 Å². The van der Waals surface area contributed by atoms with E-state index in [1.807, 2.05) is 12.1 Å². The van der Waals surface area contributed by atoms with Gasteiger partial charge in [0.05, 0.1) is 6.61 Å². The standard InChI is InChI=1S/C29H34O4/c1-31-28(32-2)10-6-7-19-33-25-15-11-22(12-16-25)29-26(21-8-4-3-5-9-21)17-13-23-20-24(30)14-18-27(23)29/h3-5,8-9,11-12,14-16,18,20,26,28-30H,6-7,10,13,17,19H2,1-2H3/t26-,29+/m1/s1. The summed E-state index contributed by atoms with van der Waals surface area (Å²) in [6.45, 7) is 0.678.